The molecule has 3 rings (SSSR count). The van der Waals surface area contributed by atoms with E-state index in [1.54, 1.807) is 21.1 Å². The Morgan fingerprint density at radius 3 is 2.72 bits per heavy atom. The number of hydrogen-bond acceptors (Lipinski definition) is 5. The van der Waals surface area contributed by atoms with Gasteiger partial charge >= 0.3 is 0 Å². The van der Waals surface area contributed by atoms with Crippen molar-refractivity contribution in [3.63, 3.8) is 0 Å². The van der Waals surface area contributed by atoms with Crippen molar-refractivity contribution in [3.05, 3.63) is 59.2 Å². The average molecular weight is 439 g/mol. The molecule has 32 heavy (non-hydrogen) atoms. The number of ether oxygens (including phenoxy) is 2. The normalized spacial score (nSPS) is 16.4. The molecule has 2 aromatic carbocycles. The molecule has 1 fully saturated rings. The predicted octanol–water partition coefficient (Wildman–Crippen LogP) is 4.22. The van der Waals surface area contributed by atoms with Crippen LogP contribution in [0.4, 0.5) is 0 Å². The Morgan fingerprint density at radius 1 is 1.12 bits per heavy atom. The molecule has 172 valence electrons. The van der Waals surface area contributed by atoms with Crippen LogP contribution in [0.5, 0.6) is 11.5 Å². The Labute approximate surface area is 190 Å². The number of hydrogen-bond donors (Lipinski definition) is 1. The molecule has 1 aliphatic heterocycles. The van der Waals surface area contributed by atoms with Gasteiger partial charge in [-0.25, -0.2) is 0 Å². The van der Waals surface area contributed by atoms with Crippen LogP contribution < -0.4 is 14.8 Å². The second-order valence-electron chi connectivity index (χ2n) is 8.49. The first-order chi connectivity index (χ1) is 15.5. The van der Waals surface area contributed by atoms with Crippen molar-refractivity contribution in [3.8, 4) is 11.5 Å². The number of piperidine rings is 1. The molecule has 1 atom stereocenters. The Hall–Kier alpha value is -2.86. The van der Waals surface area contributed by atoms with E-state index in [2.05, 4.69) is 16.3 Å². The lowest BCUT2D eigenvalue weighted by Gasteiger charge is -2.32. The third-order valence-electron chi connectivity index (χ3n) is 6.09. The minimum Gasteiger partial charge on any atom is -0.497 e. The van der Waals surface area contributed by atoms with Gasteiger partial charge in [-0.05, 0) is 62.4 Å². The molecule has 1 saturated heterocycles. The molecule has 1 unspecified atom stereocenters. The first-order valence-corrected chi connectivity index (χ1v) is 11.3. The van der Waals surface area contributed by atoms with Gasteiger partial charge in [0.05, 0.1) is 14.2 Å². The Kier molecular flexibility index (Phi) is 8.68. The molecule has 0 spiro atoms. The molecule has 1 N–H and O–H groups in total. The Morgan fingerprint density at radius 2 is 1.97 bits per heavy atom. The van der Waals surface area contributed by atoms with Gasteiger partial charge in [0.25, 0.3) is 0 Å². The number of carbonyl (C=O) groups excluding carboxylic acids is 2. The number of methoxy groups -OCH3 is 2. The SMILES string of the molecule is COc1ccc(CNC(=O)CCC2CCCN(Cc3cccc(C(C)=O)c3)C2)c(OC)c1. The van der Waals surface area contributed by atoms with E-state index >= 15 is 0 Å². The van der Waals surface area contributed by atoms with Crippen LogP contribution in [-0.4, -0.2) is 43.9 Å². The van der Waals surface area contributed by atoms with E-state index in [4.69, 9.17) is 9.47 Å². The first-order valence-electron chi connectivity index (χ1n) is 11.3. The lowest BCUT2D eigenvalue weighted by Crippen LogP contribution is -2.35. The van der Waals surface area contributed by atoms with Crippen LogP contribution in [-0.2, 0) is 17.9 Å². The van der Waals surface area contributed by atoms with Crippen molar-refractivity contribution < 1.29 is 19.1 Å². The molecule has 2 aromatic rings. The standard InChI is InChI=1S/C26H34N2O4/c1-19(29)22-8-4-6-21(14-22)18-28-13-5-7-20(17-28)9-12-26(30)27-16-23-10-11-24(31-2)15-25(23)32-3/h4,6,8,10-11,14-15,20H,5,7,9,12-13,16-18H2,1-3H3,(H,27,30). The number of nitrogens with zero attached hydrogens (tertiary/aromatic N) is 1. The zero-order valence-corrected chi connectivity index (χ0v) is 19.4. The van der Waals surface area contributed by atoms with Crippen LogP contribution in [0.1, 0.15) is 54.1 Å². The van der Waals surface area contributed by atoms with E-state index in [-0.39, 0.29) is 11.7 Å². The van der Waals surface area contributed by atoms with Crippen molar-refractivity contribution in [2.75, 3.05) is 27.3 Å². The Balaban J connectivity index is 1.45. The maximum absolute atomic E-state index is 12.4. The van der Waals surface area contributed by atoms with Crippen LogP contribution in [0.25, 0.3) is 0 Å². The summed E-state index contributed by atoms with van der Waals surface area (Å²) in [6.45, 7) is 4.94. The van der Waals surface area contributed by atoms with Crippen molar-refractivity contribution >= 4 is 11.7 Å². The summed E-state index contributed by atoms with van der Waals surface area (Å²) in [5.74, 6) is 2.12. The van der Waals surface area contributed by atoms with Gasteiger partial charge in [0.2, 0.25) is 5.91 Å². The number of benzene rings is 2. The topological polar surface area (TPSA) is 67.9 Å². The van der Waals surface area contributed by atoms with Crippen LogP contribution in [0.3, 0.4) is 0 Å². The quantitative estimate of drug-likeness (QED) is 0.563. The van der Waals surface area contributed by atoms with Gasteiger partial charge in [-0.2, -0.15) is 0 Å². The van der Waals surface area contributed by atoms with Crippen molar-refractivity contribution in [2.24, 2.45) is 5.92 Å². The third-order valence-corrected chi connectivity index (χ3v) is 6.09. The molecule has 6 nitrogen and oxygen atoms in total. The number of likely N-dealkylation sites (tertiary alicyclic amines) is 1. The van der Waals surface area contributed by atoms with Crippen LogP contribution in [0, 0.1) is 5.92 Å². The molecule has 0 bridgehead atoms. The molecule has 1 amide bonds. The van der Waals surface area contributed by atoms with E-state index < -0.39 is 0 Å². The van der Waals surface area contributed by atoms with Crippen molar-refractivity contribution in [1.82, 2.24) is 10.2 Å². The van der Waals surface area contributed by atoms with E-state index in [9.17, 15) is 9.59 Å². The monoisotopic (exact) mass is 438 g/mol. The number of ketones is 1. The van der Waals surface area contributed by atoms with Gasteiger partial charge in [0, 0.05) is 43.2 Å². The largest absolute Gasteiger partial charge is 0.497 e. The number of carbonyl (C=O) groups is 2. The van der Waals surface area contributed by atoms with Gasteiger partial charge in [-0.1, -0.05) is 18.2 Å². The van der Waals surface area contributed by atoms with Crippen LogP contribution in [0.15, 0.2) is 42.5 Å². The second kappa shape index (κ2) is 11.7. The second-order valence-corrected chi connectivity index (χ2v) is 8.49. The minimum absolute atomic E-state index is 0.0640. The van der Waals surface area contributed by atoms with Crippen molar-refractivity contribution in [2.45, 2.75) is 45.7 Å². The van der Waals surface area contributed by atoms with Crippen LogP contribution in [0.2, 0.25) is 0 Å². The van der Waals surface area contributed by atoms with Gasteiger partial charge < -0.3 is 14.8 Å². The fourth-order valence-corrected chi connectivity index (χ4v) is 4.29. The molecular formula is C26H34N2O4. The molecule has 1 heterocycles. The number of amides is 1. The summed E-state index contributed by atoms with van der Waals surface area (Å²) in [6.07, 6.45) is 3.71. The summed E-state index contributed by atoms with van der Waals surface area (Å²) in [5.41, 5.74) is 2.86. The highest BCUT2D eigenvalue weighted by molar-refractivity contribution is 5.94. The van der Waals surface area contributed by atoms with Crippen LogP contribution >= 0.6 is 0 Å². The van der Waals surface area contributed by atoms with E-state index in [0.29, 0.717) is 24.6 Å². The fourth-order valence-electron chi connectivity index (χ4n) is 4.29. The lowest BCUT2D eigenvalue weighted by molar-refractivity contribution is -0.121. The van der Waals surface area contributed by atoms with E-state index in [1.807, 2.05) is 36.4 Å². The minimum atomic E-state index is 0.0640. The molecular weight excluding hydrogens is 404 g/mol. The Bertz CT molecular complexity index is 928. The maximum Gasteiger partial charge on any atom is 0.220 e. The van der Waals surface area contributed by atoms with Gasteiger partial charge in [-0.15, -0.1) is 0 Å². The number of Topliss-reactive ketones (excluding diaryl/α,β-unsaturated/α-hetero) is 1. The molecule has 0 radical (unpaired) electrons. The summed E-state index contributed by atoms with van der Waals surface area (Å²) >= 11 is 0. The lowest BCUT2D eigenvalue weighted by atomic mass is 9.93. The molecule has 0 aliphatic carbocycles. The van der Waals surface area contributed by atoms with Crippen molar-refractivity contribution in [1.29, 1.82) is 0 Å². The average Bonchev–Trinajstić information content (AvgIpc) is 2.81. The summed E-state index contributed by atoms with van der Waals surface area (Å²) in [5, 5.41) is 3.01. The van der Waals surface area contributed by atoms with Gasteiger partial charge in [0.15, 0.2) is 5.78 Å². The number of rotatable bonds is 10. The predicted molar refractivity (Wildman–Crippen MR) is 125 cm³/mol. The number of nitrogens with one attached hydrogen (secondary N) is 1. The highest BCUT2D eigenvalue weighted by atomic mass is 16.5. The zero-order chi connectivity index (χ0) is 22.9. The summed E-state index contributed by atoms with van der Waals surface area (Å²) in [7, 11) is 3.23. The molecule has 0 saturated carbocycles. The summed E-state index contributed by atoms with van der Waals surface area (Å²) in [4.78, 5) is 26.5. The van der Waals surface area contributed by atoms with Gasteiger partial charge in [0.1, 0.15) is 11.5 Å². The van der Waals surface area contributed by atoms with E-state index in [0.717, 1.165) is 55.8 Å². The first kappa shape index (κ1) is 23.8. The molecule has 0 aromatic heterocycles. The fraction of sp³-hybridized carbons (Fsp3) is 0.462. The molecule has 1 aliphatic rings. The van der Waals surface area contributed by atoms with E-state index in [1.165, 1.54) is 5.56 Å². The highest BCUT2D eigenvalue weighted by Gasteiger charge is 2.21. The van der Waals surface area contributed by atoms with Gasteiger partial charge in [-0.3, -0.25) is 14.5 Å². The zero-order valence-electron chi connectivity index (χ0n) is 19.4. The highest BCUT2D eigenvalue weighted by Crippen LogP contribution is 2.25. The maximum atomic E-state index is 12.4. The molecule has 6 heteroatoms. The summed E-state index contributed by atoms with van der Waals surface area (Å²) in [6, 6.07) is 13.5. The third kappa shape index (κ3) is 6.82. The summed E-state index contributed by atoms with van der Waals surface area (Å²) < 4.78 is 10.6. The smallest absolute Gasteiger partial charge is 0.220 e.